The summed E-state index contributed by atoms with van der Waals surface area (Å²) < 4.78 is 37.0. The predicted molar refractivity (Wildman–Crippen MR) is 202 cm³/mol. The van der Waals surface area contributed by atoms with Gasteiger partial charge in [0.25, 0.3) is 0 Å². The highest BCUT2D eigenvalue weighted by Gasteiger charge is 2.39. The number of aliphatic carboxylic acids is 1. The van der Waals surface area contributed by atoms with Gasteiger partial charge in [0.2, 0.25) is 17.7 Å². The summed E-state index contributed by atoms with van der Waals surface area (Å²) in [6, 6.07) is 14.2. The number of guanidine groups is 1. The van der Waals surface area contributed by atoms with E-state index in [4.69, 9.17) is 36.9 Å². The first-order valence-electron chi connectivity index (χ1n) is 17.9. The molecule has 1 aliphatic carbocycles. The Labute approximate surface area is 323 Å². The summed E-state index contributed by atoms with van der Waals surface area (Å²) in [5.41, 5.74) is 13.1. The average molecular weight is 789 g/mol. The molecular formula is C38H51F3N8O7. The Balaban J connectivity index is 0.00000141. The second-order valence-corrected chi connectivity index (χ2v) is 13.2. The van der Waals surface area contributed by atoms with Crippen LogP contribution in [-0.2, 0) is 41.7 Å². The lowest BCUT2D eigenvalue weighted by atomic mass is 9.83. The van der Waals surface area contributed by atoms with Crippen LogP contribution in [0.5, 0.6) is 0 Å². The molecule has 1 saturated carbocycles. The molecule has 0 heterocycles. The van der Waals surface area contributed by atoms with Gasteiger partial charge >= 0.3 is 18.1 Å². The van der Waals surface area contributed by atoms with Crippen molar-refractivity contribution in [1.82, 2.24) is 20.9 Å². The van der Waals surface area contributed by atoms with E-state index in [2.05, 4.69) is 22.5 Å². The maximum absolute atomic E-state index is 14.2. The van der Waals surface area contributed by atoms with Gasteiger partial charge in [-0.05, 0) is 49.1 Å². The number of halogens is 3. The normalized spacial score (nSPS) is 14.3. The average Bonchev–Trinajstić information content (AvgIpc) is 3.16. The maximum Gasteiger partial charge on any atom is 0.490 e. The first kappa shape index (κ1) is 46.2. The van der Waals surface area contributed by atoms with E-state index in [1.165, 1.54) is 11.0 Å². The first-order valence-corrected chi connectivity index (χ1v) is 17.9. The number of carboxylic acid groups (broad SMARTS) is 1. The lowest BCUT2D eigenvalue weighted by molar-refractivity contribution is -0.192. The van der Waals surface area contributed by atoms with Crippen LogP contribution in [0.4, 0.5) is 13.2 Å². The van der Waals surface area contributed by atoms with Gasteiger partial charge in [-0.15, -0.1) is 0 Å². The molecule has 0 radical (unpaired) electrons. The third-order valence-electron chi connectivity index (χ3n) is 8.83. The van der Waals surface area contributed by atoms with Crippen LogP contribution in [0.1, 0.15) is 61.6 Å². The number of carbonyl (C=O) groups excluding carboxylic acids is 4. The lowest BCUT2D eigenvalue weighted by Gasteiger charge is -2.32. The van der Waals surface area contributed by atoms with Crippen LogP contribution >= 0.6 is 0 Å². The zero-order valence-electron chi connectivity index (χ0n) is 31.2. The number of hydrogen-bond acceptors (Lipinski definition) is 8. The molecule has 2 aromatic rings. The van der Waals surface area contributed by atoms with Gasteiger partial charge in [0, 0.05) is 25.7 Å². The molecule has 3 atom stereocenters. The van der Waals surface area contributed by atoms with E-state index in [-0.39, 0.29) is 43.7 Å². The number of amidine groups is 1. The summed E-state index contributed by atoms with van der Waals surface area (Å²) in [6.45, 7) is 4.13. The number of esters is 1. The number of ether oxygens (including phenoxy) is 1. The summed E-state index contributed by atoms with van der Waals surface area (Å²) in [5, 5.41) is 30.6. The Kier molecular flexibility index (Phi) is 19.1. The van der Waals surface area contributed by atoms with E-state index in [9.17, 15) is 32.3 Å². The van der Waals surface area contributed by atoms with Gasteiger partial charge in [-0.1, -0.05) is 86.5 Å². The zero-order valence-corrected chi connectivity index (χ0v) is 31.2. The van der Waals surface area contributed by atoms with Crippen molar-refractivity contribution in [3.8, 4) is 0 Å². The van der Waals surface area contributed by atoms with Crippen molar-refractivity contribution in [2.45, 2.75) is 76.2 Å². The molecule has 0 spiro atoms. The van der Waals surface area contributed by atoms with Crippen molar-refractivity contribution in [3.05, 3.63) is 83.9 Å². The fraction of sp³-hybridized carbons (Fsp3) is 0.447. The fourth-order valence-corrected chi connectivity index (χ4v) is 5.95. The number of carboxylic acids is 1. The SMILES string of the molecule is C=CCOC(=O)C(CCCNC(=N)N)NC(=O)[C@@H](NC(=O)[C@H](Cc1ccc(C(=N)N)cc1)C(=O)N(C)Cc1ccccc1)C1CCCCC1.O=C(O)C(F)(F)F. The zero-order chi connectivity index (χ0) is 41.8. The molecule has 0 aliphatic heterocycles. The smallest absolute Gasteiger partial charge is 0.475 e. The summed E-state index contributed by atoms with van der Waals surface area (Å²) in [6.07, 6.45) is 1.19. The molecule has 18 heteroatoms. The molecule has 1 aliphatic rings. The highest BCUT2D eigenvalue weighted by molar-refractivity contribution is 6.02. The molecule has 15 nitrogen and oxygen atoms in total. The summed E-state index contributed by atoms with van der Waals surface area (Å²) in [4.78, 5) is 65.5. The number of nitrogens with zero attached hydrogens (tertiary/aromatic N) is 1. The van der Waals surface area contributed by atoms with E-state index < -0.39 is 53.8 Å². The number of carbonyl (C=O) groups is 5. The van der Waals surface area contributed by atoms with Crippen LogP contribution in [-0.4, -0.2) is 89.9 Å². The van der Waals surface area contributed by atoms with Crippen LogP contribution in [0.3, 0.4) is 0 Å². The van der Waals surface area contributed by atoms with Crippen LogP contribution in [0.25, 0.3) is 0 Å². The van der Waals surface area contributed by atoms with Crippen LogP contribution in [0.2, 0.25) is 0 Å². The van der Waals surface area contributed by atoms with Crippen LogP contribution in [0, 0.1) is 22.7 Å². The maximum atomic E-state index is 14.2. The quantitative estimate of drug-likeness (QED) is 0.0274. The third kappa shape index (κ3) is 16.2. The largest absolute Gasteiger partial charge is 0.490 e. The van der Waals surface area contributed by atoms with Crippen molar-refractivity contribution in [2.75, 3.05) is 20.2 Å². The molecule has 0 bridgehead atoms. The number of rotatable bonds is 18. The van der Waals surface area contributed by atoms with E-state index in [0.717, 1.165) is 24.8 Å². The number of benzene rings is 2. The molecule has 0 aromatic heterocycles. The minimum absolute atomic E-state index is 0.0343. The van der Waals surface area contributed by atoms with Crippen molar-refractivity contribution < 1.29 is 47.0 Å². The van der Waals surface area contributed by atoms with Crippen molar-refractivity contribution in [1.29, 1.82) is 10.8 Å². The fourth-order valence-electron chi connectivity index (χ4n) is 5.95. The summed E-state index contributed by atoms with van der Waals surface area (Å²) >= 11 is 0. The highest BCUT2D eigenvalue weighted by Crippen LogP contribution is 2.27. The monoisotopic (exact) mass is 788 g/mol. The summed E-state index contributed by atoms with van der Waals surface area (Å²) in [7, 11) is 1.64. The number of alkyl halides is 3. The topological polar surface area (TPSA) is 254 Å². The molecule has 0 saturated heterocycles. The van der Waals surface area contributed by atoms with Crippen molar-refractivity contribution in [2.24, 2.45) is 23.3 Å². The number of nitrogens with one attached hydrogen (secondary N) is 5. The van der Waals surface area contributed by atoms with E-state index in [0.29, 0.717) is 36.9 Å². The summed E-state index contributed by atoms with van der Waals surface area (Å²) in [5.74, 6) is -6.61. The molecule has 10 N–H and O–H groups in total. The Bertz CT molecular complexity index is 1650. The number of amides is 3. The second-order valence-electron chi connectivity index (χ2n) is 13.2. The van der Waals surface area contributed by atoms with Gasteiger partial charge in [-0.3, -0.25) is 25.2 Å². The van der Waals surface area contributed by atoms with Gasteiger partial charge in [-0.2, -0.15) is 13.2 Å². The first-order chi connectivity index (χ1) is 26.4. The minimum atomic E-state index is -5.08. The van der Waals surface area contributed by atoms with Crippen molar-refractivity contribution >= 4 is 41.5 Å². The van der Waals surface area contributed by atoms with Gasteiger partial charge in [0.1, 0.15) is 30.4 Å². The molecule has 306 valence electrons. The van der Waals surface area contributed by atoms with Crippen LogP contribution in [0.15, 0.2) is 67.3 Å². The highest BCUT2D eigenvalue weighted by atomic mass is 19.4. The Hall–Kier alpha value is -5.94. The molecule has 1 unspecified atom stereocenters. The van der Waals surface area contributed by atoms with E-state index in [1.807, 2.05) is 30.3 Å². The van der Waals surface area contributed by atoms with Gasteiger partial charge in [0.15, 0.2) is 5.96 Å². The Morgan fingerprint density at radius 3 is 2.11 bits per heavy atom. The predicted octanol–water partition coefficient (Wildman–Crippen LogP) is 2.96. The third-order valence-corrected chi connectivity index (χ3v) is 8.83. The number of nitrogens with two attached hydrogens (primary N) is 2. The minimum Gasteiger partial charge on any atom is -0.475 e. The second kappa shape index (κ2) is 23.1. The lowest BCUT2D eigenvalue weighted by Crippen LogP contribution is -2.57. The van der Waals surface area contributed by atoms with Crippen molar-refractivity contribution in [3.63, 3.8) is 0 Å². The van der Waals surface area contributed by atoms with Gasteiger partial charge in [-0.25, -0.2) is 9.59 Å². The van der Waals surface area contributed by atoms with E-state index in [1.54, 1.807) is 31.3 Å². The van der Waals surface area contributed by atoms with Gasteiger partial charge in [0.05, 0.1) is 0 Å². The van der Waals surface area contributed by atoms with E-state index >= 15 is 0 Å². The molecule has 3 rings (SSSR count). The standard InChI is InChI=1S/C36H50N8O5.C2HF3O2/c1-3-21-49-35(48)29(15-10-20-41-36(39)40)42-33(46)30(26-13-8-5-9-14-26)43-32(45)28(22-24-16-18-27(19-17-24)31(37)38)34(47)44(2)23-25-11-6-4-7-12-25;3-2(4,5)1(6)7/h3-4,6-7,11-12,16-19,26,28-30H,1,5,8-10,13-15,20-23H2,2H3,(H3,37,38)(H,42,46)(H,43,45)(H4,39,40,41);(H,6,7)/t28-,29?,30-;/m0./s1. The Morgan fingerprint density at radius 2 is 1.57 bits per heavy atom. The molecule has 2 aromatic carbocycles. The van der Waals surface area contributed by atoms with Crippen LogP contribution < -0.4 is 27.4 Å². The molecular weight excluding hydrogens is 737 g/mol. The number of nitrogen functional groups attached to an aromatic ring is 1. The number of hydrogen-bond donors (Lipinski definition) is 8. The molecule has 1 fully saturated rings. The Morgan fingerprint density at radius 1 is 0.964 bits per heavy atom. The molecule has 3 amide bonds. The molecule has 56 heavy (non-hydrogen) atoms. The van der Waals surface area contributed by atoms with Gasteiger partial charge < -0.3 is 42.2 Å².